The summed E-state index contributed by atoms with van der Waals surface area (Å²) >= 11 is 0. The fraction of sp³-hybridized carbons (Fsp3) is 0.103. The van der Waals surface area contributed by atoms with E-state index < -0.39 is 0 Å². The first-order chi connectivity index (χ1) is 28.3. The minimum atomic E-state index is -0.170. The highest BCUT2D eigenvalue weighted by atomic mass is 14.4. The van der Waals surface area contributed by atoms with Crippen molar-refractivity contribution in [1.29, 1.82) is 0 Å². The van der Waals surface area contributed by atoms with E-state index in [0.717, 1.165) is 0 Å². The molecule has 0 unspecified atom stereocenters. The molecule has 0 saturated heterocycles. The number of hydrogen-bond donors (Lipinski definition) is 0. The van der Waals surface area contributed by atoms with Crippen molar-refractivity contribution < 1.29 is 0 Å². The second-order valence-electron chi connectivity index (χ2n) is 17.6. The number of rotatable bonds is 3. The molecule has 0 N–H and O–H groups in total. The second-order valence-corrected chi connectivity index (χ2v) is 17.6. The van der Waals surface area contributed by atoms with E-state index in [-0.39, 0.29) is 10.8 Å². The van der Waals surface area contributed by atoms with Crippen LogP contribution in [0.1, 0.15) is 49.9 Å². The van der Waals surface area contributed by atoms with Crippen LogP contribution in [-0.4, -0.2) is 0 Å². The Balaban J connectivity index is 0.984. The molecule has 12 rings (SSSR count). The maximum Gasteiger partial charge on any atom is 0.0165 e. The molecule has 0 aliphatic heterocycles. The third kappa shape index (κ3) is 4.46. The zero-order chi connectivity index (χ0) is 38.9. The van der Waals surface area contributed by atoms with E-state index in [0.29, 0.717) is 0 Å². The third-order valence-corrected chi connectivity index (χ3v) is 13.8. The van der Waals surface area contributed by atoms with Crippen molar-refractivity contribution in [2.24, 2.45) is 0 Å². The molecule has 0 radical (unpaired) electrons. The standard InChI is InChI=1S/C58H42/c1-57(2)50-32-36(37-27-31-49-52(33-37)58(3,4)56-48-25-15-9-19-40(48)39-18-8-10-20-43(39)55(49)56)26-29-41(50)42-30-28-38(34-51(42)57)54-46-23-13-11-21-44(46)53(35-16-6-5-7-17-35)45-22-12-14-24-47(45)54/h5-34H,1-4H3. The van der Waals surface area contributed by atoms with Crippen molar-refractivity contribution in [2.45, 2.75) is 38.5 Å². The Morgan fingerprint density at radius 3 is 1.16 bits per heavy atom. The fourth-order valence-corrected chi connectivity index (χ4v) is 11.1. The zero-order valence-electron chi connectivity index (χ0n) is 33.3. The van der Waals surface area contributed by atoms with Gasteiger partial charge in [0, 0.05) is 10.8 Å². The Morgan fingerprint density at radius 2 is 0.621 bits per heavy atom. The molecule has 2 aliphatic carbocycles. The SMILES string of the molecule is CC1(C)c2cc(-c3ccc4c(c3)C(C)(C)c3c-4c4ccccc4c4ccccc34)ccc2-c2ccc(-c3c4ccccc4c(-c4ccccc4)c4ccccc34)cc21. The Bertz CT molecular complexity index is 3320. The van der Waals surface area contributed by atoms with Crippen LogP contribution in [0.5, 0.6) is 0 Å². The van der Waals surface area contributed by atoms with Crippen molar-refractivity contribution in [3.8, 4) is 55.6 Å². The molecule has 0 heteroatoms. The topological polar surface area (TPSA) is 0 Å². The predicted molar refractivity (Wildman–Crippen MR) is 248 cm³/mol. The van der Waals surface area contributed by atoms with E-state index in [1.54, 1.807) is 0 Å². The fourth-order valence-electron chi connectivity index (χ4n) is 11.1. The van der Waals surface area contributed by atoms with Gasteiger partial charge in [-0.1, -0.05) is 191 Å². The molecule has 274 valence electrons. The van der Waals surface area contributed by atoms with E-state index in [2.05, 4.69) is 210 Å². The Kier molecular flexibility index (Phi) is 6.84. The van der Waals surface area contributed by atoms with Gasteiger partial charge in [0.1, 0.15) is 0 Å². The first-order valence-corrected chi connectivity index (χ1v) is 20.7. The van der Waals surface area contributed by atoms with Crippen molar-refractivity contribution in [2.75, 3.05) is 0 Å². The quantitative estimate of drug-likeness (QED) is 0.125. The normalized spacial score (nSPS) is 14.5. The van der Waals surface area contributed by atoms with Crippen LogP contribution < -0.4 is 0 Å². The van der Waals surface area contributed by atoms with Crippen LogP contribution in [0, 0.1) is 0 Å². The maximum absolute atomic E-state index is 2.50. The van der Waals surface area contributed by atoms with Gasteiger partial charge in [-0.25, -0.2) is 0 Å². The Morgan fingerprint density at radius 1 is 0.259 bits per heavy atom. The molecule has 0 saturated carbocycles. The van der Waals surface area contributed by atoms with Crippen LogP contribution in [0.15, 0.2) is 182 Å². The van der Waals surface area contributed by atoms with E-state index in [1.165, 1.54) is 121 Å². The summed E-state index contributed by atoms with van der Waals surface area (Å²) in [6.07, 6.45) is 0. The summed E-state index contributed by atoms with van der Waals surface area (Å²) in [5.74, 6) is 0. The molecular weight excluding hydrogens is 697 g/mol. The second kappa shape index (κ2) is 11.9. The first-order valence-electron chi connectivity index (χ1n) is 20.7. The van der Waals surface area contributed by atoms with Gasteiger partial charge < -0.3 is 0 Å². The number of benzene rings is 10. The number of fused-ring (bicyclic) bond motifs is 13. The maximum atomic E-state index is 2.50. The molecule has 0 fully saturated rings. The lowest BCUT2D eigenvalue weighted by Gasteiger charge is -2.25. The van der Waals surface area contributed by atoms with Crippen LogP contribution in [0.25, 0.3) is 98.7 Å². The Hall–Kier alpha value is -6.76. The number of hydrogen-bond acceptors (Lipinski definition) is 0. The molecule has 0 atom stereocenters. The van der Waals surface area contributed by atoms with E-state index >= 15 is 0 Å². The molecule has 0 aromatic heterocycles. The molecule has 10 aromatic rings. The molecule has 0 heterocycles. The minimum Gasteiger partial charge on any atom is -0.0622 e. The molecule has 2 aliphatic rings. The van der Waals surface area contributed by atoms with E-state index in [4.69, 9.17) is 0 Å². The lowest BCUT2D eigenvalue weighted by atomic mass is 9.78. The van der Waals surface area contributed by atoms with Crippen LogP contribution in [0.3, 0.4) is 0 Å². The largest absolute Gasteiger partial charge is 0.0622 e. The van der Waals surface area contributed by atoms with Crippen molar-refractivity contribution >= 4 is 43.1 Å². The average molecular weight is 739 g/mol. The molecule has 0 amide bonds. The lowest BCUT2D eigenvalue weighted by molar-refractivity contribution is 0.660. The van der Waals surface area contributed by atoms with Gasteiger partial charge in [-0.05, 0) is 139 Å². The van der Waals surface area contributed by atoms with Gasteiger partial charge in [0.15, 0.2) is 0 Å². The molecule has 58 heavy (non-hydrogen) atoms. The van der Waals surface area contributed by atoms with E-state index in [1.807, 2.05) is 0 Å². The highest BCUT2D eigenvalue weighted by molar-refractivity contribution is 6.22. The average Bonchev–Trinajstić information content (AvgIpc) is 3.64. The van der Waals surface area contributed by atoms with Gasteiger partial charge in [0.2, 0.25) is 0 Å². The van der Waals surface area contributed by atoms with Gasteiger partial charge in [0.05, 0.1) is 0 Å². The zero-order valence-corrected chi connectivity index (χ0v) is 33.3. The summed E-state index contributed by atoms with van der Waals surface area (Å²) < 4.78 is 0. The monoisotopic (exact) mass is 738 g/mol. The molecule has 0 nitrogen and oxygen atoms in total. The van der Waals surface area contributed by atoms with Gasteiger partial charge in [-0.15, -0.1) is 0 Å². The lowest BCUT2D eigenvalue weighted by Crippen LogP contribution is -2.16. The summed E-state index contributed by atoms with van der Waals surface area (Å²) in [7, 11) is 0. The van der Waals surface area contributed by atoms with Crippen LogP contribution >= 0.6 is 0 Å². The highest BCUT2D eigenvalue weighted by Crippen LogP contribution is 2.56. The van der Waals surface area contributed by atoms with Crippen molar-refractivity contribution in [3.05, 3.63) is 204 Å². The van der Waals surface area contributed by atoms with Crippen molar-refractivity contribution in [3.63, 3.8) is 0 Å². The molecule has 0 bridgehead atoms. The van der Waals surface area contributed by atoms with Crippen LogP contribution in [-0.2, 0) is 10.8 Å². The molecule has 10 aromatic carbocycles. The van der Waals surface area contributed by atoms with Crippen LogP contribution in [0.2, 0.25) is 0 Å². The van der Waals surface area contributed by atoms with Crippen LogP contribution in [0.4, 0.5) is 0 Å². The van der Waals surface area contributed by atoms with Gasteiger partial charge in [0.25, 0.3) is 0 Å². The third-order valence-electron chi connectivity index (χ3n) is 13.8. The smallest absolute Gasteiger partial charge is 0.0165 e. The predicted octanol–water partition coefficient (Wildman–Crippen LogP) is 15.9. The first kappa shape index (κ1) is 33.4. The highest BCUT2D eigenvalue weighted by Gasteiger charge is 2.39. The summed E-state index contributed by atoms with van der Waals surface area (Å²) in [6.45, 7) is 9.67. The molecular formula is C58H42. The summed E-state index contributed by atoms with van der Waals surface area (Å²) in [4.78, 5) is 0. The molecule has 0 spiro atoms. The Labute approximate surface area is 340 Å². The van der Waals surface area contributed by atoms with Gasteiger partial charge >= 0.3 is 0 Å². The van der Waals surface area contributed by atoms with E-state index in [9.17, 15) is 0 Å². The summed E-state index contributed by atoms with van der Waals surface area (Å²) in [5.41, 5.74) is 18.5. The summed E-state index contributed by atoms with van der Waals surface area (Å²) in [6, 6.07) is 68.5. The van der Waals surface area contributed by atoms with Gasteiger partial charge in [-0.2, -0.15) is 0 Å². The van der Waals surface area contributed by atoms with Crippen molar-refractivity contribution in [1.82, 2.24) is 0 Å². The summed E-state index contributed by atoms with van der Waals surface area (Å²) in [5, 5.41) is 10.5. The minimum absolute atomic E-state index is 0.138. The van der Waals surface area contributed by atoms with Gasteiger partial charge in [-0.3, -0.25) is 0 Å².